The fourth-order valence-electron chi connectivity index (χ4n) is 4.79. The van der Waals surface area contributed by atoms with Crippen LogP contribution in [0.15, 0.2) is 82.0 Å². The Balaban J connectivity index is 1.69. The topological polar surface area (TPSA) is 74.2 Å². The summed E-state index contributed by atoms with van der Waals surface area (Å²) in [5.74, 6) is 0.538. The zero-order chi connectivity index (χ0) is 26.5. The van der Waals surface area contributed by atoms with E-state index in [1.54, 1.807) is 7.11 Å². The Hall–Kier alpha value is -3.52. The molecule has 194 valence electrons. The third-order valence-electron chi connectivity index (χ3n) is 6.73. The number of amides is 2. The highest BCUT2D eigenvalue weighted by Crippen LogP contribution is 2.47. The van der Waals surface area contributed by atoms with Crippen LogP contribution in [0.4, 0.5) is 0 Å². The number of allylic oxidation sites excluding steroid dienone is 1. The lowest BCUT2D eigenvalue weighted by Gasteiger charge is -2.38. The van der Waals surface area contributed by atoms with Crippen molar-refractivity contribution in [2.75, 3.05) is 20.2 Å². The summed E-state index contributed by atoms with van der Waals surface area (Å²) in [7, 11) is 1.63. The molecule has 1 N–H and O–H groups in total. The normalized spacial score (nSPS) is 17.5. The van der Waals surface area contributed by atoms with Gasteiger partial charge in [0.25, 0.3) is 5.91 Å². The fraction of sp³-hybridized carbons (Fsp3) is 0.345. The predicted octanol–water partition coefficient (Wildman–Crippen LogP) is 5.41. The molecule has 2 amide bonds. The maximum Gasteiger partial charge on any atom is 0.254 e. The summed E-state index contributed by atoms with van der Waals surface area (Å²) in [4.78, 5) is 35.6. The minimum atomic E-state index is -0.461. The number of hydrogen-bond donors (Lipinski definition) is 1. The third kappa shape index (κ3) is 5.44. The molecule has 0 saturated heterocycles. The van der Waals surface area contributed by atoms with Crippen LogP contribution in [0.25, 0.3) is 0 Å². The quantitative estimate of drug-likeness (QED) is 0.481. The summed E-state index contributed by atoms with van der Waals surface area (Å²) >= 11 is 1.47. The largest absolute Gasteiger partial charge is 0.496 e. The Morgan fingerprint density at radius 2 is 1.78 bits per heavy atom. The molecule has 37 heavy (non-hydrogen) atoms. The number of rotatable bonds is 9. The maximum absolute atomic E-state index is 13.8. The molecule has 8 heteroatoms. The Morgan fingerprint density at radius 1 is 1.11 bits per heavy atom. The standard InChI is InChI=1S/C29H34N4O3S/c1-6-32(7-2)28(35)26-20(4)31-29-33(27(26)23-15-11-12-16-24(23)36-5)22(18-37-29)17-25(34)30-19(3)21-13-9-8-10-14-21/h8-16,18-19,27H,6-7,17H2,1-5H3,(H,30,34). The average Bonchev–Trinajstić information content (AvgIpc) is 3.30. The van der Waals surface area contributed by atoms with Crippen LogP contribution in [-0.4, -0.2) is 47.0 Å². The van der Waals surface area contributed by atoms with Gasteiger partial charge in [-0.2, -0.15) is 0 Å². The molecule has 0 radical (unpaired) electrons. The molecular weight excluding hydrogens is 484 g/mol. The van der Waals surface area contributed by atoms with E-state index in [0.717, 1.165) is 22.0 Å². The van der Waals surface area contributed by atoms with Crippen LogP contribution in [0.3, 0.4) is 0 Å². The predicted molar refractivity (Wildman–Crippen MR) is 149 cm³/mol. The zero-order valence-electron chi connectivity index (χ0n) is 22.0. The van der Waals surface area contributed by atoms with E-state index in [1.165, 1.54) is 11.8 Å². The number of methoxy groups -OCH3 is 1. The van der Waals surface area contributed by atoms with Crippen LogP contribution in [0.1, 0.15) is 57.3 Å². The van der Waals surface area contributed by atoms with Crippen molar-refractivity contribution in [1.29, 1.82) is 0 Å². The molecule has 4 rings (SSSR count). The molecule has 2 aromatic carbocycles. The summed E-state index contributed by atoms with van der Waals surface area (Å²) in [5, 5.41) is 5.83. The van der Waals surface area contributed by atoms with Gasteiger partial charge >= 0.3 is 0 Å². The molecule has 0 aromatic heterocycles. The number of hydrogen-bond acceptors (Lipinski definition) is 6. The first-order chi connectivity index (χ1) is 17.9. The molecule has 2 unspecified atom stereocenters. The lowest BCUT2D eigenvalue weighted by atomic mass is 9.92. The number of aliphatic imine (C=N–C) groups is 1. The van der Waals surface area contributed by atoms with E-state index >= 15 is 0 Å². The summed E-state index contributed by atoms with van der Waals surface area (Å²) in [6.45, 7) is 9.00. The third-order valence-corrected chi connectivity index (χ3v) is 7.62. The number of amidine groups is 1. The van der Waals surface area contributed by atoms with Gasteiger partial charge in [-0.05, 0) is 44.7 Å². The zero-order valence-corrected chi connectivity index (χ0v) is 22.8. The number of fused-ring (bicyclic) bond motifs is 1. The number of para-hydroxylation sites is 1. The second kappa shape index (κ2) is 11.7. The number of likely N-dealkylation sites (N-methyl/N-ethyl adjacent to an activating group) is 1. The second-order valence-electron chi connectivity index (χ2n) is 8.99. The van der Waals surface area contributed by atoms with Crippen molar-refractivity contribution in [3.8, 4) is 5.75 Å². The minimum absolute atomic E-state index is 0.0559. The number of nitrogens with one attached hydrogen (secondary N) is 1. The second-order valence-corrected chi connectivity index (χ2v) is 9.83. The highest BCUT2D eigenvalue weighted by molar-refractivity contribution is 8.16. The fourth-order valence-corrected chi connectivity index (χ4v) is 5.76. The first-order valence-corrected chi connectivity index (χ1v) is 13.5. The monoisotopic (exact) mass is 518 g/mol. The Bertz CT molecular complexity index is 1250. The lowest BCUT2D eigenvalue weighted by molar-refractivity contribution is -0.127. The van der Waals surface area contributed by atoms with E-state index in [4.69, 9.17) is 9.73 Å². The van der Waals surface area contributed by atoms with E-state index in [-0.39, 0.29) is 24.3 Å². The van der Waals surface area contributed by atoms with Crippen LogP contribution < -0.4 is 10.1 Å². The van der Waals surface area contributed by atoms with Gasteiger partial charge in [0.15, 0.2) is 5.17 Å². The van der Waals surface area contributed by atoms with E-state index in [0.29, 0.717) is 30.1 Å². The van der Waals surface area contributed by atoms with Crippen LogP contribution in [0.2, 0.25) is 0 Å². The molecule has 2 aliphatic heterocycles. The van der Waals surface area contributed by atoms with Crippen LogP contribution in [-0.2, 0) is 9.59 Å². The van der Waals surface area contributed by atoms with Crippen LogP contribution in [0.5, 0.6) is 5.75 Å². The number of carbonyl (C=O) groups excluding carboxylic acids is 2. The molecule has 2 aliphatic rings. The van der Waals surface area contributed by atoms with Crippen LogP contribution >= 0.6 is 11.8 Å². The smallest absolute Gasteiger partial charge is 0.254 e. The molecule has 0 saturated carbocycles. The van der Waals surface area contributed by atoms with E-state index in [1.807, 2.05) is 97.5 Å². The molecule has 2 atom stereocenters. The number of thioether (sulfide) groups is 1. The molecular formula is C29H34N4O3S. The van der Waals surface area contributed by atoms with Gasteiger partial charge in [-0.1, -0.05) is 60.3 Å². The van der Waals surface area contributed by atoms with Crippen molar-refractivity contribution in [3.05, 3.63) is 88.1 Å². The molecule has 0 spiro atoms. The van der Waals surface area contributed by atoms with Crippen molar-refractivity contribution in [2.45, 2.75) is 46.2 Å². The van der Waals surface area contributed by atoms with E-state index in [2.05, 4.69) is 5.32 Å². The minimum Gasteiger partial charge on any atom is -0.496 e. The van der Waals surface area contributed by atoms with Crippen molar-refractivity contribution >= 4 is 28.7 Å². The van der Waals surface area contributed by atoms with Gasteiger partial charge in [0.05, 0.1) is 36.9 Å². The SMILES string of the molecule is CCN(CC)C(=O)C1=C(C)N=C2SC=C(CC(=O)NC(C)c3ccccc3)N2C1c1ccccc1OC. The molecule has 2 aromatic rings. The van der Waals surface area contributed by atoms with Gasteiger partial charge in [0.1, 0.15) is 5.75 Å². The molecule has 0 aliphatic carbocycles. The van der Waals surface area contributed by atoms with Crippen molar-refractivity contribution in [2.24, 2.45) is 4.99 Å². The van der Waals surface area contributed by atoms with Gasteiger partial charge in [-0.3, -0.25) is 9.59 Å². The maximum atomic E-state index is 13.8. The summed E-state index contributed by atoms with van der Waals surface area (Å²) in [5.41, 5.74) is 3.99. The van der Waals surface area contributed by atoms with Gasteiger partial charge in [-0.25, -0.2) is 4.99 Å². The average molecular weight is 519 g/mol. The molecule has 2 heterocycles. The first-order valence-electron chi connectivity index (χ1n) is 12.6. The summed E-state index contributed by atoms with van der Waals surface area (Å²) in [6.07, 6.45) is 0.167. The number of nitrogens with zero attached hydrogens (tertiary/aromatic N) is 3. The van der Waals surface area contributed by atoms with E-state index < -0.39 is 6.04 Å². The van der Waals surface area contributed by atoms with Gasteiger partial charge in [-0.15, -0.1) is 0 Å². The van der Waals surface area contributed by atoms with Crippen LogP contribution in [0, 0.1) is 0 Å². The Labute approximate surface area is 223 Å². The lowest BCUT2D eigenvalue weighted by Crippen LogP contribution is -2.42. The number of ether oxygens (including phenoxy) is 1. The van der Waals surface area contributed by atoms with Crippen molar-refractivity contribution < 1.29 is 14.3 Å². The summed E-state index contributed by atoms with van der Waals surface area (Å²) < 4.78 is 5.72. The Kier molecular flexibility index (Phi) is 8.38. The van der Waals surface area contributed by atoms with Gasteiger partial charge in [0.2, 0.25) is 5.91 Å². The molecule has 0 bridgehead atoms. The van der Waals surface area contributed by atoms with E-state index in [9.17, 15) is 9.59 Å². The molecule has 0 fully saturated rings. The highest BCUT2D eigenvalue weighted by Gasteiger charge is 2.42. The summed E-state index contributed by atoms with van der Waals surface area (Å²) in [6, 6.07) is 17.0. The van der Waals surface area contributed by atoms with Crippen molar-refractivity contribution in [3.63, 3.8) is 0 Å². The Morgan fingerprint density at radius 3 is 2.46 bits per heavy atom. The number of benzene rings is 2. The highest BCUT2D eigenvalue weighted by atomic mass is 32.2. The van der Waals surface area contributed by atoms with Crippen molar-refractivity contribution in [1.82, 2.24) is 15.1 Å². The van der Waals surface area contributed by atoms with Gasteiger partial charge in [0, 0.05) is 24.4 Å². The van der Waals surface area contributed by atoms with Gasteiger partial charge < -0.3 is 19.9 Å². The number of carbonyl (C=O) groups is 2. The first kappa shape index (κ1) is 26.5. The molecule has 7 nitrogen and oxygen atoms in total.